The molecule has 0 heterocycles. The van der Waals surface area contributed by atoms with Crippen LogP contribution in [0.5, 0.6) is 17.2 Å². The largest absolute Gasteiger partial charge is 0.491 e. The lowest BCUT2D eigenvalue weighted by atomic mass is 10.2. The Labute approximate surface area is 162 Å². The van der Waals surface area contributed by atoms with E-state index in [-0.39, 0.29) is 5.91 Å². The maximum absolute atomic E-state index is 12.0. The fourth-order valence-electron chi connectivity index (χ4n) is 2.27. The third-order valence-corrected chi connectivity index (χ3v) is 3.62. The van der Waals surface area contributed by atoms with Gasteiger partial charge in [0.05, 0.1) is 18.7 Å². The lowest BCUT2D eigenvalue weighted by Crippen LogP contribution is -2.06. The van der Waals surface area contributed by atoms with Crippen LogP contribution in [-0.2, 0) is 9.59 Å². The highest BCUT2D eigenvalue weighted by molar-refractivity contribution is 6.32. The van der Waals surface area contributed by atoms with E-state index in [9.17, 15) is 9.59 Å². The maximum Gasteiger partial charge on any atom is 0.336 e. The zero-order valence-corrected chi connectivity index (χ0v) is 16.0. The van der Waals surface area contributed by atoms with Crippen LogP contribution in [-0.4, -0.2) is 25.6 Å². The molecule has 1 N–H and O–H groups in total. The number of hydrogen-bond donors (Lipinski definition) is 1. The Morgan fingerprint density at radius 3 is 2.48 bits per heavy atom. The zero-order chi connectivity index (χ0) is 19.8. The molecule has 0 fully saturated rings. The van der Waals surface area contributed by atoms with Gasteiger partial charge < -0.3 is 19.5 Å². The van der Waals surface area contributed by atoms with Crippen LogP contribution in [0.4, 0.5) is 5.69 Å². The van der Waals surface area contributed by atoms with E-state index >= 15 is 0 Å². The number of carbonyl (C=O) groups excluding carboxylic acids is 2. The van der Waals surface area contributed by atoms with Gasteiger partial charge in [-0.1, -0.05) is 11.6 Å². The smallest absolute Gasteiger partial charge is 0.336 e. The fraction of sp³-hybridized carbons (Fsp3) is 0.200. The molecule has 0 saturated carbocycles. The van der Waals surface area contributed by atoms with Crippen molar-refractivity contribution in [2.24, 2.45) is 0 Å². The van der Waals surface area contributed by atoms with Gasteiger partial charge in [0.25, 0.3) is 0 Å². The first-order chi connectivity index (χ1) is 12.9. The molecule has 1 amide bonds. The second-order valence-electron chi connectivity index (χ2n) is 5.43. The van der Waals surface area contributed by atoms with Crippen LogP contribution in [0, 0.1) is 0 Å². The maximum atomic E-state index is 12.0. The summed E-state index contributed by atoms with van der Waals surface area (Å²) in [5.41, 5.74) is 1.29. The van der Waals surface area contributed by atoms with E-state index < -0.39 is 5.97 Å². The van der Waals surface area contributed by atoms with Gasteiger partial charge in [-0.2, -0.15) is 0 Å². The average molecular weight is 390 g/mol. The molecule has 2 aromatic rings. The molecule has 6 nitrogen and oxygen atoms in total. The topological polar surface area (TPSA) is 73.9 Å². The molecule has 27 heavy (non-hydrogen) atoms. The standard InChI is InChI=1S/C20H20ClNO5/c1-4-26-18-12-14(11-17(21)20(18)25-3)5-10-19(24)27-16-8-6-15(7-9-16)22-13(2)23/h5-12H,4H2,1-3H3,(H,22,23)/b10-5+. The number of halogens is 1. The van der Waals surface area contributed by atoms with Gasteiger partial charge >= 0.3 is 5.97 Å². The van der Waals surface area contributed by atoms with E-state index in [2.05, 4.69) is 5.32 Å². The first kappa shape index (κ1) is 20.3. The van der Waals surface area contributed by atoms with Gasteiger partial charge in [0, 0.05) is 18.7 Å². The van der Waals surface area contributed by atoms with Crippen LogP contribution >= 0.6 is 11.6 Å². The quantitative estimate of drug-likeness (QED) is 0.433. The van der Waals surface area contributed by atoms with Crippen LogP contribution in [0.2, 0.25) is 5.02 Å². The number of nitrogens with one attached hydrogen (secondary N) is 1. The summed E-state index contributed by atoms with van der Waals surface area (Å²) in [6, 6.07) is 9.86. The van der Waals surface area contributed by atoms with Gasteiger partial charge in [0.2, 0.25) is 5.91 Å². The van der Waals surface area contributed by atoms with Crippen molar-refractivity contribution in [2.75, 3.05) is 19.0 Å². The fourth-order valence-corrected chi connectivity index (χ4v) is 2.57. The Bertz CT molecular complexity index is 846. The molecule has 2 rings (SSSR count). The predicted molar refractivity (Wildman–Crippen MR) is 105 cm³/mol. The van der Waals surface area contributed by atoms with Crippen molar-refractivity contribution in [3.05, 3.63) is 53.1 Å². The second-order valence-corrected chi connectivity index (χ2v) is 5.83. The highest BCUT2D eigenvalue weighted by atomic mass is 35.5. The van der Waals surface area contributed by atoms with E-state index in [0.717, 1.165) is 0 Å². The minimum atomic E-state index is -0.549. The van der Waals surface area contributed by atoms with Crippen LogP contribution in [0.15, 0.2) is 42.5 Å². The van der Waals surface area contributed by atoms with Gasteiger partial charge in [-0.05, 0) is 55.0 Å². The molecule has 0 aliphatic rings. The first-order valence-electron chi connectivity index (χ1n) is 8.20. The van der Waals surface area contributed by atoms with Crippen molar-refractivity contribution in [2.45, 2.75) is 13.8 Å². The lowest BCUT2D eigenvalue weighted by Gasteiger charge is -2.11. The van der Waals surface area contributed by atoms with Gasteiger partial charge in [0.15, 0.2) is 11.5 Å². The summed E-state index contributed by atoms with van der Waals surface area (Å²) in [6.45, 7) is 3.72. The van der Waals surface area contributed by atoms with Crippen molar-refractivity contribution >= 4 is 35.2 Å². The number of ether oxygens (including phenoxy) is 3. The summed E-state index contributed by atoms with van der Waals surface area (Å²) in [5, 5.41) is 3.01. The number of rotatable bonds is 7. The highest BCUT2D eigenvalue weighted by Gasteiger charge is 2.11. The Hall–Kier alpha value is -2.99. The second kappa shape index (κ2) is 9.64. The number of esters is 1. The number of carbonyl (C=O) groups is 2. The Kier molecular flexibility index (Phi) is 7.25. The lowest BCUT2D eigenvalue weighted by molar-refractivity contribution is -0.128. The van der Waals surface area contributed by atoms with Gasteiger partial charge in [-0.15, -0.1) is 0 Å². The minimum absolute atomic E-state index is 0.174. The number of benzene rings is 2. The van der Waals surface area contributed by atoms with Crippen molar-refractivity contribution in [3.8, 4) is 17.2 Å². The SMILES string of the molecule is CCOc1cc(/C=C/C(=O)Oc2ccc(NC(C)=O)cc2)cc(Cl)c1OC. The minimum Gasteiger partial charge on any atom is -0.491 e. The molecule has 7 heteroatoms. The van der Waals surface area contributed by atoms with Crippen LogP contribution < -0.4 is 19.5 Å². The Morgan fingerprint density at radius 2 is 1.89 bits per heavy atom. The summed E-state index contributed by atoms with van der Waals surface area (Å²) in [7, 11) is 1.51. The molecule has 0 atom stereocenters. The molecular formula is C20H20ClNO5. The van der Waals surface area contributed by atoms with Crippen LogP contribution in [0.1, 0.15) is 19.4 Å². The van der Waals surface area contributed by atoms with E-state index in [1.807, 2.05) is 6.92 Å². The first-order valence-corrected chi connectivity index (χ1v) is 8.58. The highest BCUT2D eigenvalue weighted by Crippen LogP contribution is 2.36. The van der Waals surface area contributed by atoms with Crippen LogP contribution in [0.25, 0.3) is 6.08 Å². The Balaban J connectivity index is 2.06. The van der Waals surface area contributed by atoms with E-state index in [1.54, 1.807) is 42.5 Å². The molecule has 0 aromatic heterocycles. The van der Waals surface area contributed by atoms with Crippen molar-refractivity contribution in [3.63, 3.8) is 0 Å². The van der Waals surface area contributed by atoms with Gasteiger partial charge in [-0.25, -0.2) is 4.79 Å². The third-order valence-electron chi connectivity index (χ3n) is 3.34. The number of anilines is 1. The summed E-state index contributed by atoms with van der Waals surface area (Å²) in [6.07, 6.45) is 2.86. The Morgan fingerprint density at radius 1 is 1.19 bits per heavy atom. The normalized spacial score (nSPS) is 10.5. The van der Waals surface area contributed by atoms with Crippen LogP contribution in [0.3, 0.4) is 0 Å². The van der Waals surface area contributed by atoms with Gasteiger partial charge in [-0.3, -0.25) is 4.79 Å². The molecule has 0 saturated heterocycles. The monoisotopic (exact) mass is 389 g/mol. The number of amides is 1. The predicted octanol–water partition coefficient (Wildman–Crippen LogP) is 4.32. The summed E-state index contributed by atoms with van der Waals surface area (Å²) in [4.78, 5) is 23.0. The summed E-state index contributed by atoms with van der Waals surface area (Å²) >= 11 is 6.18. The van der Waals surface area contributed by atoms with Crippen molar-refractivity contribution < 1.29 is 23.8 Å². The zero-order valence-electron chi connectivity index (χ0n) is 15.2. The van der Waals surface area contributed by atoms with E-state index in [4.69, 9.17) is 25.8 Å². The molecule has 0 spiro atoms. The number of methoxy groups -OCH3 is 1. The van der Waals surface area contributed by atoms with Crippen molar-refractivity contribution in [1.29, 1.82) is 0 Å². The molecule has 0 radical (unpaired) electrons. The molecule has 0 aliphatic heterocycles. The molecular weight excluding hydrogens is 370 g/mol. The molecule has 142 valence electrons. The summed E-state index contributed by atoms with van der Waals surface area (Å²) < 4.78 is 15.9. The molecule has 0 aliphatic carbocycles. The van der Waals surface area contributed by atoms with E-state index in [1.165, 1.54) is 20.1 Å². The molecule has 0 bridgehead atoms. The van der Waals surface area contributed by atoms with E-state index in [0.29, 0.717) is 40.1 Å². The number of hydrogen-bond acceptors (Lipinski definition) is 5. The van der Waals surface area contributed by atoms with Crippen molar-refractivity contribution in [1.82, 2.24) is 0 Å². The molecule has 0 unspecified atom stereocenters. The summed E-state index contributed by atoms with van der Waals surface area (Å²) in [5.74, 6) is 0.576. The third kappa shape index (κ3) is 6.04. The average Bonchev–Trinajstić information content (AvgIpc) is 2.61. The van der Waals surface area contributed by atoms with Gasteiger partial charge in [0.1, 0.15) is 5.75 Å². The molecule has 2 aromatic carbocycles.